The van der Waals surface area contributed by atoms with Crippen LogP contribution in [-0.2, 0) is 0 Å². The minimum atomic E-state index is 0.562. The predicted molar refractivity (Wildman–Crippen MR) is 65.5 cm³/mol. The highest BCUT2D eigenvalue weighted by atomic mass is 16.5. The Labute approximate surface area is 92.8 Å². The Morgan fingerprint density at radius 3 is 2.73 bits per heavy atom. The molecule has 1 aromatic rings. The fourth-order valence-corrected chi connectivity index (χ4v) is 1.47. The van der Waals surface area contributed by atoms with Gasteiger partial charge in [0.15, 0.2) is 0 Å². The third-order valence-corrected chi connectivity index (χ3v) is 2.63. The third kappa shape index (κ3) is 3.43. The van der Waals surface area contributed by atoms with Crippen LogP contribution in [0, 0.1) is 0 Å². The Morgan fingerprint density at radius 2 is 2.07 bits per heavy atom. The summed E-state index contributed by atoms with van der Waals surface area (Å²) in [6.07, 6.45) is 5.17. The molecular formula is C14H20O. The summed E-state index contributed by atoms with van der Waals surface area (Å²) in [4.78, 5) is 0. The Morgan fingerprint density at radius 1 is 1.33 bits per heavy atom. The predicted octanol–water partition coefficient (Wildman–Crippen LogP) is 4.16. The van der Waals surface area contributed by atoms with Gasteiger partial charge in [-0.1, -0.05) is 44.2 Å². The zero-order valence-electron chi connectivity index (χ0n) is 9.86. The van der Waals surface area contributed by atoms with Crippen molar-refractivity contribution >= 4 is 0 Å². The monoisotopic (exact) mass is 204 g/mol. The number of rotatable bonds is 5. The van der Waals surface area contributed by atoms with E-state index in [2.05, 4.69) is 26.0 Å². The molecule has 1 atom stereocenters. The fourth-order valence-electron chi connectivity index (χ4n) is 1.47. The van der Waals surface area contributed by atoms with Crippen molar-refractivity contribution in [2.45, 2.75) is 33.1 Å². The molecule has 82 valence electrons. The molecule has 0 aliphatic carbocycles. The molecule has 0 radical (unpaired) electrons. The second-order valence-electron chi connectivity index (χ2n) is 3.73. The first kappa shape index (κ1) is 11.8. The third-order valence-electron chi connectivity index (χ3n) is 2.63. The molecule has 1 unspecified atom stereocenters. The minimum absolute atomic E-state index is 0.562. The number of benzene rings is 1. The van der Waals surface area contributed by atoms with Crippen LogP contribution in [0.15, 0.2) is 36.4 Å². The number of hydrogen-bond acceptors (Lipinski definition) is 1. The Balaban J connectivity index is 2.76. The lowest BCUT2D eigenvalue weighted by Gasteiger charge is -2.14. The highest BCUT2D eigenvalue weighted by Gasteiger charge is 2.08. The van der Waals surface area contributed by atoms with Gasteiger partial charge in [0.2, 0.25) is 0 Å². The van der Waals surface area contributed by atoms with Gasteiger partial charge in [0, 0.05) is 0 Å². The minimum Gasteiger partial charge on any atom is -0.489 e. The van der Waals surface area contributed by atoms with E-state index < -0.39 is 0 Å². The van der Waals surface area contributed by atoms with Gasteiger partial charge in [0.25, 0.3) is 0 Å². The van der Waals surface area contributed by atoms with Crippen LogP contribution in [0.3, 0.4) is 0 Å². The van der Waals surface area contributed by atoms with Crippen molar-refractivity contribution in [1.82, 2.24) is 0 Å². The summed E-state index contributed by atoms with van der Waals surface area (Å²) in [5, 5.41) is 0. The van der Waals surface area contributed by atoms with Gasteiger partial charge in [-0.15, -0.1) is 0 Å². The topological polar surface area (TPSA) is 9.23 Å². The molecule has 1 nitrogen and oxygen atoms in total. The maximum absolute atomic E-state index is 5.71. The molecule has 0 amide bonds. The van der Waals surface area contributed by atoms with E-state index in [9.17, 15) is 0 Å². The van der Waals surface area contributed by atoms with Gasteiger partial charge < -0.3 is 4.74 Å². The molecule has 0 aliphatic heterocycles. The fraction of sp³-hybridized carbons (Fsp3) is 0.429. The van der Waals surface area contributed by atoms with Gasteiger partial charge in [-0.05, 0) is 30.9 Å². The molecule has 0 saturated carbocycles. The molecule has 1 rings (SSSR count). The van der Waals surface area contributed by atoms with E-state index >= 15 is 0 Å². The molecule has 0 aliphatic rings. The lowest BCUT2D eigenvalue weighted by atomic mass is 9.98. The van der Waals surface area contributed by atoms with E-state index in [4.69, 9.17) is 4.74 Å². The second-order valence-corrected chi connectivity index (χ2v) is 3.73. The molecule has 15 heavy (non-hydrogen) atoms. The maximum atomic E-state index is 5.71. The van der Waals surface area contributed by atoms with Crippen molar-refractivity contribution in [3.8, 4) is 5.75 Å². The second kappa shape index (κ2) is 6.28. The molecule has 0 N–H and O–H groups in total. The zero-order valence-corrected chi connectivity index (χ0v) is 9.86. The van der Waals surface area contributed by atoms with Crippen LogP contribution in [0.4, 0.5) is 0 Å². The van der Waals surface area contributed by atoms with E-state index in [-0.39, 0.29) is 0 Å². The Bertz CT molecular complexity index is 315. The molecule has 0 aromatic heterocycles. The van der Waals surface area contributed by atoms with Crippen LogP contribution in [0.25, 0.3) is 0 Å². The number of para-hydroxylation sites is 1. The van der Waals surface area contributed by atoms with Gasteiger partial charge in [-0.3, -0.25) is 0 Å². The van der Waals surface area contributed by atoms with E-state index in [0.29, 0.717) is 12.5 Å². The molecule has 0 saturated heterocycles. The zero-order chi connectivity index (χ0) is 11.1. The van der Waals surface area contributed by atoms with Gasteiger partial charge in [0.1, 0.15) is 12.4 Å². The molecule has 0 fully saturated rings. The van der Waals surface area contributed by atoms with Crippen molar-refractivity contribution in [1.29, 1.82) is 0 Å². The molecule has 0 heterocycles. The first-order valence-electron chi connectivity index (χ1n) is 5.62. The van der Waals surface area contributed by atoms with E-state index in [1.54, 1.807) is 0 Å². The average Bonchev–Trinajstić information content (AvgIpc) is 2.29. The standard InChI is InChI=1S/C14H20O/c1-4-6-11-15-14-10-8-7-9-13(14)12(3)5-2/h4,6-10,12H,5,11H2,1-3H3. The van der Waals surface area contributed by atoms with Crippen molar-refractivity contribution in [2.75, 3.05) is 6.61 Å². The lowest BCUT2D eigenvalue weighted by Crippen LogP contribution is -2.00. The first-order valence-corrected chi connectivity index (χ1v) is 5.62. The van der Waals surface area contributed by atoms with Crippen LogP contribution in [0.5, 0.6) is 5.75 Å². The van der Waals surface area contributed by atoms with E-state index in [1.165, 1.54) is 5.56 Å². The number of allylic oxidation sites excluding steroid dienone is 1. The normalized spacial score (nSPS) is 13.0. The summed E-state index contributed by atoms with van der Waals surface area (Å²) in [5.41, 5.74) is 1.31. The van der Waals surface area contributed by atoms with Crippen LogP contribution in [0.1, 0.15) is 38.7 Å². The van der Waals surface area contributed by atoms with E-state index in [1.807, 2.05) is 31.2 Å². The maximum Gasteiger partial charge on any atom is 0.123 e. The summed E-state index contributed by atoms with van der Waals surface area (Å²) >= 11 is 0. The van der Waals surface area contributed by atoms with Crippen molar-refractivity contribution in [2.24, 2.45) is 0 Å². The average molecular weight is 204 g/mol. The molecule has 0 bridgehead atoms. The van der Waals surface area contributed by atoms with Crippen LogP contribution < -0.4 is 4.74 Å². The molecule has 1 heteroatoms. The number of ether oxygens (including phenoxy) is 1. The van der Waals surface area contributed by atoms with Gasteiger partial charge in [-0.2, -0.15) is 0 Å². The molecule has 1 aromatic carbocycles. The molecular weight excluding hydrogens is 184 g/mol. The smallest absolute Gasteiger partial charge is 0.123 e. The van der Waals surface area contributed by atoms with Gasteiger partial charge in [-0.25, -0.2) is 0 Å². The SMILES string of the molecule is CC=CCOc1ccccc1C(C)CC. The van der Waals surface area contributed by atoms with Gasteiger partial charge in [0.05, 0.1) is 0 Å². The Hall–Kier alpha value is -1.24. The quantitative estimate of drug-likeness (QED) is 0.654. The van der Waals surface area contributed by atoms with Gasteiger partial charge >= 0.3 is 0 Å². The summed E-state index contributed by atoms with van der Waals surface area (Å²) < 4.78 is 5.71. The summed E-state index contributed by atoms with van der Waals surface area (Å²) in [6, 6.07) is 8.30. The Kier molecular flexibility index (Phi) is 4.96. The largest absolute Gasteiger partial charge is 0.489 e. The van der Waals surface area contributed by atoms with Crippen molar-refractivity contribution < 1.29 is 4.74 Å². The summed E-state index contributed by atoms with van der Waals surface area (Å²) in [6.45, 7) is 7.10. The van der Waals surface area contributed by atoms with Crippen LogP contribution >= 0.6 is 0 Å². The number of hydrogen-bond donors (Lipinski definition) is 0. The van der Waals surface area contributed by atoms with Crippen LogP contribution in [0.2, 0.25) is 0 Å². The first-order chi connectivity index (χ1) is 7.29. The lowest BCUT2D eigenvalue weighted by molar-refractivity contribution is 0.356. The van der Waals surface area contributed by atoms with Crippen molar-refractivity contribution in [3.05, 3.63) is 42.0 Å². The highest BCUT2D eigenvalue weighted by molar-refractivity contribution is 5.35. The summed E-state index contributed by atoms with van der Waals surface area (Å²) in [5.74, 6) is 1.58. The molecule has 0 spiro atoms. The van der Waals surface area contributed by atoms with Crippen molar-refractivity contribution in [3.63, 3.8) is 0 Å². The van der Waals surface area contributed by atoms with E-state index in [0.717, 1.165) is 12.2 Å². The van der Waals surface area contributed by atoms with Crippen LogP contribution in [-0.4, -0.2) is 6.61 Å². The summed E-state index contributed by atoms with van der Waals surface area (Å²) in [7, 11) is 0. The highest BCUT2D eigenvalue weighted by Crippen LogP contribution is 2.28.